The van der Waals surface area contributed by atoms with Crippen molar-refractivity contribution in [1.29, 1.82) is 0 Å². The normalized spacial score (nSPS) is 11.5. The SMILES string of the molecule is CCCCCCCCCCN/N=C(\C)C(=O)O. The molecule has 0 fully saturated rings. The number of hydrazone groups is 1. The van der Waals surface area contributed by atoms with Gasteiger partial charge in [0.25, 0.3) is 0 Å². The number of nitrogens with one attached hydrogen (secondary N) is 1. The van der Waals surface area contributed by atoms with Crippen molar-refractivity contribution in [3.63, 3.8) is 0 Å². The zero-order valence-corrected chi connectivity index (χ0v) is 11.2. The number of hydrogen-bond acceptors (Lipinski definition) is 3. The molecule has 0 rings (SSSR count). The van der Waals surface area contributed by atoms with Crippen LogP contribution in [0.3, 0.4) is 0 Å². The van der Waals surface area contributed by atoms with Gasteiger partial charge in [0.2, 0.25) is 0 Å². The summed E-state index contributed by atoms with van der Waals surface area (Å²) in [6.45, 7) is 4.48. The second-order valence-electron chi connectivity index (χ2n) is 4.39. The van der Waals surface area contributed by atoms with Gasteiger partial charge in [-0.05, 0) is 13.3 Å². The lowest BCUT2D eigenvalue weighted by Crippen LogP contribution is -2.16. The van der Waals surface area contributed by atoms with Crippen molar-refractivity contribution in [1.82, 2.24) is 5.43 Å². The van der Waals surface area contributed by atoms with E-state index in [-0.39, 0.29) is 5.71 Å². The Balaban J connectivity index is 3.19. The molecule has 0 aromatic carbocycles. The van der Waals surface area contributed by atoms with E-state index in [1.165, 1.54) is 51.9 Å². The molecule has 0 aliphatic rings. The van der Waals surface area contributed by atoms with Gasteiger partial charge in [-0.1, -0.05) is 51.9 Å². The lowest BCUT2D eigenvalue weighted by atomic mass is 10.1. The Morgan fingerprint density at radius 2 is 1.59 bits per heavy atom. The van der Waals surface area contributed by atoms with E-state index in [0.29, 0.717) is 0 Å². The molecule has 4 nitrogen and oxygen atoms in total. The fraction of sp³-hybridized carbons (Fsp3) is 0.846. The summed E-state index contributed by atoms with van der Waals surface area (Å²) in [5.74, 6) is -0.964. The third kappa shape index (κ3) is 11.2. The molecule has 0 saturated heterocycles. The minimum Gasteiger partial charge on any atom is -0.477 e. The molecule has 0 aliphatic carbocycles. The quantitative estimate of drug-likeness (QED) is 0.332. The number of rotatable bonds is 11. The van der Waals surface area contributed by atoms with Crippen molar-refractivity contribution < 1.29 is 9.90 Å². The number of carbonyl (C=O) groups is 1. The van der Waals surface area contributed by atoms with Crippen LogP contribution < -0.4 is 5.43 Å². The molecule has 17 heavy (non-hydrogen) atoms. The van der Waals surface area contributed by atoms with Gasteiger partial charge in [0.15, 0.2) is 0 Å². The van der Waals surface area contributed by atoms with Gasteiger partial charge in [-0.15, -0.1) is 0 Å². The van der Waals surface area contributed by atoms with E-state index in [9.17, 15) is 4.79 Å². The average Bonchev–Trinajstić information content (AvgIpc) is 2.31. The first-order chi connectivity index (χ1) is 8.18. The number of nitrogens with zero attached hydrogens (tertiary/aromatic N) is 1. The number of unbranched alkanes of at least 4 members (excludes halogenated alkanes) is 7. The highest BCUT2D eigenvalue weighted by atomic mass is 16.4. The fourth-order valence-corrected chi connectivity index (χ4v) is 1.56. The van der Waals surface area contributed by atoms with Crippen molar-refractivity contribution in [2.75, 3.05) is 6.54 Å². The van der Waals surface area contributed by atoms with Crippen LogP contribution in [-0.2, 0) is 4.79 Å². The standard InChI is InChI=1S/C13H26N2O2/c1-3-4-5-6-7-8-9-10-11-14-15-12(2)13(16)17/h14H,3-11H2,1-2H3,(H,16,17)/b15-12+. The molecule has 100 valence electrons. The van der Waals surface area contributed by atoms with Crippen molar-refractivity contribution in [2.24, 2.45) is 5.10 Å². The first kappa shape index (κ1) is 15.9. The molecule has 0 aromatic heterocycles. The third-order valence-corrected chi connectivity index (χ3v) is 2.70. The number of carboxylic acids is 1. The summed E-state index contributed by atoms with van der Waals surface area (Å²) in [6.07, 6.45) is 10.2. The summed E-state index contributed by atoms with van der Waals surface area (Å²) in [5, 5.41) is 12.3. The van der Waals surface area contributed by atoms with Gasteiger partial charge in [-0.25, -0.2) is 4.79 Å². The summed E-state index contributed by atoms with van der Waals surface area (Å²) >= 11 is 0. The molecule has 0 aromatic rings. The van der Waals surface area contributed by atoms with E-state index in [1.54, 1.807) is 0 Å². The maximum atomic E-state index is 10.4. The highest BCUT2D eigenvalue weighted by Gasteiger charge is 1.99. The zero-order valence-electron chi connectivity index (χ0n) is 11.2. The summed E-state index contributed by atoms with van der Waals surface area (Å²) in [5.41, 5.74) is 2.90. The first-order valence-corrected chi connectivity index (χ1v) is 6.69. The van der Waals surface area contributed by atoms with Crippen LogP contribution in [0.25, 0.3) is 0 Å². The van der Waals surface area contributed by atoms with Crippen LogP contribution in [0.4, 0.5) is 0 Å². The largest absolute Gasteiger partial charge is 0.477 e. The van der Waals surface area contributed by atoms with Gasteiger partial charge in [-0.2, -0.15) is 5.10 Å². The van der Waals surface area contributed by atoms with E-state index < -0.39 is 5.97 Å². The topological polar surface area (TPSA) is 61.7 Å². The maximum Gasteiger partial charge on any atom is 0.351 e. The molecular formula is C13H26N2O2. The molecular weight excluding hydrogens is 216 g/mol. The summed E-state index contributed by atoms with van der Waals surface area (Å²) in [4.78, 5) is 10.4. The highest BCUT2D eigenvalue weighted by molar-refractivity contribution is 6.34. The van der Waals surface area contributed by atoms with Crippen LogP contribution in [-0.4, -0.2) is 23.3 Å². The van der Waals surface area contributed by atoms with Crippen molar-refractivity contribution in [3.05, 3.63) is 0 Å². The van der Waals surface area contributed by atoms with Gasteiger partial charge in [-0.3, -0.25) is 0 Å². The van der Waals surface area contributed by atoms with E-state index in [2.05, 4.69) is 17.5 Å². The van der Waals surface area contributed by atoms with Crippen LogP contribution in [0.2, 0.25) is 0 Å². The molecule has 0 spiro atoms. The molecule has 0 atom stereocenters. The molecule has 0 radical (unpaired) electrons. The fourth-order valence-electron chi connectivity index (χ4n) is 1.56. The maximum absolute atomic E-state index is 10.4. The molecule has 0 saturated carbocycles. The summed E-state index contributed by atoms with van der Waals surface area (Å²) in [7, 11) is 0. The van der Waals surface area contributed by atoms with E-state index in [0.717, 1.165) is 13.0 Å². The molecule has 2 N–H and O–H groups in total. The van der Waals surface area contributed by atoms with Crippen LogP contribution >= 0.6 is 0 Å². The Labute approximate surface area is 104 Å². The molecule has 0 bridgehead atoms. The van der Waals surface area contributed by atoms with Crippen molar-refractivity contribution >= 4 is 11.7 Å². The number of aliphatic carboxylic acids is 1. The molecule has 0 heterocycles. The van der Waals surface area contributed by atoms with E-state index in [4.69, 9.17) is 5.11 Å². The monoisotopic (exact) mass is 242 g/mol. The average molecular weight is 242 g/mol. The lowest BCUT2D eigenvalue weighted by Gasteiger charge is -2.02. The summed E-state index contributed by atoms with van der Waals surface area (Å²) < 4.78 is 0. The first-order valence-electron chi connectivity index (χ1n) is 6.69. The smallest absolute Gasteiger partial charge is 0.351 e. The molecule has 0 aliphatic heterocycles. The van der Waals surface area contributed by atoms with Crippen LogP contribution in [0.1, 0.15) is 65.2 Å². The lowest BCUT2D eigenvalue weighted by molar-refractivity contribution is -0.129. The number of hydrogen-bond donors (Lipinski definition) is 2. The summed E-state index contributed by atoms with van der Waals surface area (Å²) in [6, 6.07) is 0. The van der Waals surface area contributed by atoms with Crippen molar-refractivity contribution in [3.8, 4) is 0 Å². The van der Waals surface area contributed by atoms with Gasteiger partial charge in [0, 0.05) is 6.54 Å². The minimum atomic E-state index is -0.964. The Morgan fingerprint density at radius 1 is 1.06 bits per heavy atom. The molecule has 0 amide bonds. The number of carboxylic acid groups (broad SMARTS) is 1. The molecule has 0 unspecified atom stereocenters. The highest BCUT2D eigenvalue weighted by Crippen LogP contribution is 2.07. The zero-order chi connectivity index (χ0) is 12.9. The van der Waals surface area contributed by atoms with E-state index >= 15 is 0 Å². The van der Waals surface area contributed by atoms with Crippen LogP contribution in [0, 0.1) is 0 Å². The molecule has 4 heteroatoms. The predicted octanol–water partition coefficient (Wildman–Crippen LogP) is 3.18. The Hall–Kier alpha value is -1.06. The third-order valence-electron chi connectivity index (χ3n) is 2.70. The predicted molar refractivity (Wildman–Crippen MR) is 71.4 cm³/mol. The van der Waals surface area contributed by atoms with Crippen LogP contribution in [0.15, 0.2) is 5.10 Å². The minimum absolute atomic E-state index is 0.115. The Morgan fingerprint density at radius 3 is 2.12 bits per heavy atom. The van der Waals surface area contributed by atoms with E-state index in [1.807, 2.05) is 0 Å². The van der Waals surface area contributed by atoms with Gasteiger partial charge < -0.3 is 10.5 Å². The van der Waals surface area contributed by atoms with Crippen LogP contribution in [0.5, 0.6) is 0 Å². The van der Waals surface area contributed by atoms with Gasteiger partial charge in [0.1, 0.15) is 5.71 Å². The Bertz CT molecular complexity index is 227. The van der Waals surface area contributed by atoms with Crippen molar-refractivity contribution in [2.45, 2.75) is 65.2 Å². The second-order valence-corrected chi connectivity index (χ2v) is 4.39. The van der Waals surface area contributed by atoms with Gasteiger partial charge >= 0.3 is 5.97 Å². The Kier molecular flexibility index (Phi) is 10.7. The second kappa shape index (κ2) is 11.4. The van der Waals surface area contributed by atoms with Gasteiger partial charge in [0.05, 0.1) is 0 Å².